The molecule has 0 radical (unpaired) electrons. The Balaban J connectivity index is 0.755. The molecule has 3 amide bonds. The fourth-order valence-corrected chi connectivity index (χ4v) is 12.7. The Bertz CT molecular complexity index is 3500. The molecule has 0 bridgehead atoms. The number of halogens is 3. The summed E-state index contributed by atoms with van der Waals surface area (Å²) in [5, 5.41) is 6.13. The van der Waals surface area contributed by atoms with Gasteiger partial charge in [0.05, 0.1) is 66.7 Å². The number of fused-ring (bicyclic) bond motifs is 1. The Hall–Kier alpha value is -7.33. The van der Waals surface area contributed by atoms with E-state index in [1.165, 1.54) is 11.1 Å². The van der Waals surface area contributed by atoms with Crippen molar-refractivity contribution < 1.29 is 64.5 Å². The number of ether oxygens (including phenoxy) is 4. The molecule has 0 unspecified atom stereocenters. The molecular formula is C60H71F3N10O11S2. The van der Waals surface area contributed by atoms with Crippen LogP contribution in [0.3, 0.4) is 0 Å². The number of piperazine rings is 1. The Morgan fingerprint density at radius 1 is 0.872 bits per heavy atom. The molecule has 3 aromatic carbocycles. The average Bonchev–Trinajstić information content (AvgIpc) is 2.84. The number of aromatic nitrogens is 3. The molecule has 0 aliphatic carbocycles. The Morgan fingerprint density at radius 3 is 2.30 bits per heavy atom. The summed E-state index contributed by atoms with van der Waals surface area (Å²) >= 11 is 1.55. The normalized spacial score (nSPS) is 18.1. The molecule has 26 heteroatoms. The van der Waals surface area contributed by atoms with Gasteiger partial charge < -0.3 is 44.4 Å². The lowest BCUT2D eigenvalue weighted by atomic mass is 9.85. The van der Waals surface area contributed by atoms with Gasteiger partial charge in [0.15, 0.2) is 5.82 Å². The van der Waals surface area contributed by atoms with Gasteiger partial charge in [0.1, 0.15) is 42.4 Å². The number of aryl methyl sites for hydroxylation is 1. The van der Waals surface area contributed by atoms with Crippen molar-refractivity contribution in [2.45, 2.75) is 77.9 Å². The van der Waals surface area contributed by atoms with Crippen LogP contribution in [0, 0.1) is 24.0 Å². The number of thiazole rings is 1. The summed E-state index contributed by atoms with van der Waals surface area (Å²) in [6.07, 6.45) is 0.759. The van der Waals surface area contributed by atoms with E-state index in [0.717, 1.165) is 49.4 Å². The highest BCUT2D eigenvalue weighted by molar-refractivity contribution is 7.90. The number of amides is 3. The fraction of sp³-hybridized carbons (Fsp3) is 0.450. The maximum atomic E-state index is 15.8. The van der Waals surface area contributed by atoms with E-state index in [1.807, 2.05) is 80.9 Å². The maximum absolute atomic E-state index is 15.8. The van der Waals surface area contributed by atoms with Crippen LogP contribution < -0.4 is 20.3 Å². The van der Waals surface area contributed by atoms with Crippen molar-refractivity contribution in [2.24, 2.45) is 5.41 Å². The summed E-state index contributed by atoms with van der Waals surface area (Å²) in [6, 6.07) is 16.8. The van der Waals surface area contributed by atoms with Crippen LogP contribution in [-0.4, -0.2) is 184 Å². The number of hydrogen-bond acceptors (Lipinski definition) is 16. The first-order chi connectivity index (χ1) is 41.2. The molecule has 6 heterocycles. The van der Waals surface area contributed by atoms with E-state index in [-0.39, 0.29) is 75.3 Å². The van der Waals surface area contributed by atoms with Crippen molar-refractivity contribution >= 4 is 73.4 Å². The molecule has 3 saturated heterocycles. The van der Waals surface area contributed by atoms with E-state index in [4.69, 9.17) is 18.9 Å². The topological polar surface area (TPSA) is 247 Å². The number of nitrogens with zero attached hydrogens (tertiary/aromatic N) is 6. The number of benzene rings is 3. The van der Waals surface area contributed by atoms with Crippen LogP contribution in [0.4, 0.5) is 24.5 Å². The zero-order valence-corrected chi connectivity index (χ0v) is 50.2. The van der Waals surface area contributed by atoms with Gasteiger partial charge in [-0.05, 0) is 65.8 Å². The number of nitrogens with one attached hydrogen (secondary N) is 4. The van der Waals surface area contributed by atoms with E-state index in [1.54, 1.807) is 36.2 Å². The monoisotopic (exact) mass is 1230 g/mol. The summed E-state index contributed by atoms with van der Waals surface area (Å²) in [7, 11) is -2.84. The van der Waals surface area contributed by atoms with Gasteiger partial charge in [0.25, 0.3) is 0 Å². The van der Waals surface area contributed by atoms with Crippen LogP contribution >= 0.6 is 11.3 Å². The number of esters is 1. The van der Waals surface area contributed by atoms with Crippen molar-refractivity contribution in [1.29, 1.82) is 0 Å². The molecular weight excluding hydrogens is 1160 g/mol. The van der Waals surface area contributed by atoms with E-state index >= 15 is 8.78 Å². The van der Waals surface area contributed by atoms with E-state index in [2.05, 4.69) is 35.4 Å². The molecule has 9 rings (SSSR count). The molecule has 3 aliphatic heterocycles. The maximum Gasteiger partial charge on any atom is 0.308 e. The molecule has 4 N–H and O–H groups in total. The highest BCUT2D eigenvalue weighted by atomic mass is 32.2. The number of aromatic amines is 1. The number of hydrogen-bond donors (Lipinski definition) is 4. The molecule has 3 fully saturated rings. The molecule has 3 aliphatic rings. The SMILES string of the molecule is COCCOCCC(=O)O[C@@H]1C[C@@H](C(=O)NCc2ccc(-c3scnc3C)cc2)N(C(=O)[C@@H](NC(=O)COCCN2CCN(c3ccc(-c4cnc5[nH]cc(C(=O)c6c(F)ccc(NS(=O)(=O)N7CC[C@@H](F)C7)c6F)c5c4)cc3)CC2)C(C)(C)C)C1. The molecule has 86 heavy (non-hydrogen) atoms. The van der Waals surface area contributed by atoms with Gasteiger partial charge in [-0.15, -0.1) is 11.3 Å². The van der Waals surface area contributed by atoms with Gasteiger partial charge >= 0.3 is 16.2 Å². The number of methoxy groups -OCH3 is 1. The van der Waals surface area contributed by atoms with Crippen molar-refractivity contribution in [2.75, 3.05) is 102 Å². The number of H-pyrrole nitrogens is 1. The molecule has 21 nitrogen and oxygen atoms in total. The number of ketones is 1. The lowest BCUT2D eigenvalue weighted by Crippen LogP contribution is -2.58. The first kappa shape index (κ1) is 63.2. The standard InChI is InChI=1S/C60H71F3N10O11S2/c1-37-55(85-36-67-37)40-8-6-38(7-9-40)30-66-58(77)49-29-44(84-51(75)17-24-82-27-26-81-5)34-73(49)59(78)56(60(2,3)4)68-50(74)35-83-25-23-70-19-21-71(22-20-70)43-12-10-39(11-13-43)41-28-45-46(32-65-57(45)64-31-41)54(76)52-47(62)14-15-48(53(52)63)69-86(79,80)72-18-16-42(61)33-72/h6-15,28,31-32,36,42,44,49,56,69H,16-27,29-30,33-35H2,1-5H3,(H,64,65)(H,66,77)(H,68,74)/t42-,44-,49+,56-/m1/s1. The van der Waals surface area contributed by atoms with Crippen LogP contribution in [-0.2, 0) is 54.9 Å². The lowest BCUT2D eigenvalue weighted by Gasteiger charge is -2.36. The summed E-state index contributed by atoms with van der Waals surface area (Å²) < 4.78 is 95.5. The summed E-state index contributed by atoms with van der Waals surface area (Å²) in [5.74, 6) is -5.61. The smallest absolute Gasteiger partial charge is 0.308 e. The first-order valence-corrected chi connectivity index (χ1v) is 30.7. The molecule has 6 aromatic rings. The van der Waals surface area contributed by atoms with Gasteiger partial charge in [-0.2, -0.15) is 12.7 Å². The van der Waals surface area contributed by atoms with Crippen molar-refractivity contribution in [3.05, 3.63) is 119 Å². The van der Waals surface area contributed by atoms with E-state index in [9.17, 15) is 36.8 Å². The fourth-order valence-electron chi connectivity index (χ4n) is 10.6. The minimum absolute atomic E-state index is 0.0172. The van der Waals surface area contributed by atoms with Crippen LogP contribution in [0.25, 0.3) is 32.6 Å². The minimum atomic E-state index is -4.39. The zero-order chi connectivity index (χ0) is 61.3. The van der Waals surface area contributed by atoms with Crippen LogP contribution in [0.1, 0.15) is 67.2 Å². The highest BCUT2D eigenvalue weighted by Gasteiger charge is 2.46. The second-order valence-corrected chi connectivity index (χ2v) is 25.0. The highest BCUT2D eigenvalue weighted by Crippen LogP contribution is 2.33. The molecule has 0 saturated carbocycles. The third kappa shape index (κ3) is 15.4. The van der Waals surface area contributed by atoms with Gasteiger partial charge in [0.2, 0.25) is 23.5 Å². The third-order valence-electron chi connectivity index (χ3n) is 15.4. The third-order valence-corrected chi connectivity index (χ3v) is 17.8. The van der Waals surface area contributed by atoms with E-state index < -0.39 is 98.9 Å². The molecule has 460 valence electrons. The quantitative estimate of drug-likeness (QED) is 0.0274. The predicted molar refractivity (Wildman–Crippen MR) is 317 cm³/mol. The summed E-state index contributed by atoms with van der Waals surface area (Å²) in [6.45, 7) is 11.1. The first-order valence-electron chi connectivity index (χ1n) is 28.4. The van der Waals surface area contributed by atoms with Crippen molar-refractivity contribution in [3.8, 4) is 21.6 Å². The van der Waals surface area contributed by atoms with Crippen molar-refractivity contribution in [1.82, 2.24) is 39.7 Å². The largest absolute Gasteiger partial charge is 0.460 e. The second kappa shape index (κ2) is 28.0. The van der Waals surface area contributed by atoms with Crippen LogP contribution in [0.2, 0.25) is 0 Å². The zero-order valence-electron chi connectivity index (χ0n) is 48.5. The summed E-state index contributed by atoms with van der Waals surface area (Å²) in [4.78, 5) is 87.4. The molecule has 0 spiro atoms. The Labute approximate surface area is 501 Å². The van der Waals surface area contributed by atoms with Gasteiger partial charge in [-0.25, -0.2) is 23.1 Å². The average molecular weight is 1230 g/mol. The number of pyridine rings is 1. The van der Waals surface area contributed by atoms with Crippen molar-refractivity contribution in [3.63, 3.8) is 0 Å². The van der Waals surface area contributed by atoms with Gasteiger partial charge in [-0.3, -0.25) is 33.6 Å². The Morgan fingerprint density at radius 2 is 1.62 bits per heavy atom. The van der Waals surface area contributed by atoms with E-state index in [0.29, 0.717) is 51.5 Å². The Kier molecular flexibility index (Phi) is 20.6. The number of rotatable bonds is 25. The van der Waals surface area contributed by atoms with Crippen LogP contribution in [0.5, 0.6) is 0 Å². The number of carbonyl (C=O) groups is 5. The second-order valence-electron chi connectivity index (χ2n) is 22.5. The lowest BCUT2D eigenvalue weighted by molar-refractivity contribution is -0.151. The molecule has 3 aromatic heterocycles. The van der Waals surface area contributed by atoms with Gasteiger partial charge in [0, 0.05) is 100 Å². The number of carbonyl (C=O) groups excluding carboxylic acids is 5. The number of alkyl halides is 1. The number of likely N-dealkylation sites (tertiary alicyclic amines) is 1. The number of anilines is 2. The minimum Gasteiger partial charge on any atom is -0.460 e. The van der Waals surface area contributed by atoms with Gasteiger partial charge in [-0.1, -0.05) is 57.2 Å². The molecule has 4 atom stereocenters. The van der Waals surface area contributed by atoms with Crippen LogP contribution in [0.15, 0.2) is 84.6 Å². The summed E-state index contributed by atoms with van der Waals surface area (Å²) in [5.41, 5.74) is 4.72. The predicted octanol–water partition coefficient (Wildman–Crippen LogP) is 6.42.